The van der Waals surface area contributed by atoms with Crippen LogP contribution in [-0.4, -0.2) is 42.3 Å². The number of nitrogens with zero attached hydrogens (tertiary/aromatic N) is 5. The molecule has 0 fully saturated rings. The highest BCUT2D eigenvalue weighted by Gasteiger charge is 2.15. The number of carbonyl (C=O) groups excluding carboxylic acids is 1. The van der Waals surface area contributed by atoms with Crippen molar-refractivity contribution in [2.45, 2.75) is 13.5 Å². The molecule has 0 spiro atoms. The van der Waals surface area contributed by atoms with Crippen LogP contribution in [0, 0.1) is 0 Å². The van der Waals surface area contributed by atoms with Crippen molar-refractivity contribution in [3.05, 3.63) is 54.1 Å². The monoisotopic (exact) mass is 310 g/mol. The predicted octanol–water partition coefficient (Wildman–Crippen LogP) is 1.87. The van der Waals surface area contributed by atoms with Crippen LogP contribution >= 0.6 is 0 Å². The van der Waals surface area contributed by atoms with Gasteiger partial charge in [0.15, 0.2) is 5.82 Å². The number of aromatic amines is 1. The third-order valence-corrected chi connectivity index (χ3v) is 3.62. The predicted molar refractivity (Wildman–Crippen MR) is 85.4 cm³/mol. The van der Waals surface area contributed by atoms with Crippen molar-refractivity contribution >= 4 is 5.91 Å². The molecule has 3 aromatic rings. The van der Waals surface area contributed by atoms with Gasteiger partial charge in [0.2, 0.25) is 0 Å². The Labute approximate surface area is 134 Å². The number of hydrogen-bond donors (Lipinski definition) is 1. The number of rotatable bonds is 5. The van der Waals surface area contributed by atoms with E-state index in [0.717, 1.165) is 11.1 Å². The maximum atomic E-state index is 12.6. The summed E-state index contributed by atoms with van der Waals surface area (Å²) in [6, 6.07) is 7.36. The molecule has 7 nitrogen and oxygen atoms in total. The highest BCUT2D eigenvalue weighted by atomic mass is 16.2. The Balaban J connectivity index is 1.75. The quantitative estimate of drug-likeness (QED) is 0.780. The molecule has 1 N–H and O–H groups in total. The minimum Gasteiger partial charge on any atom is -0.334 e. The molecule has 118 valence electrons. The molecule has 0 aliphatic rings. The van der Waals surface area contributed by atoms with Crippen LogP contribution in [0.25, 0.3) is 11.4 Å². The van der Waals surface area contributed by atoms with Crippen LogP contribution in [0.5, 0.6) is 0 Å². The van der Waals surface area contributed by atoms with E-state index in [-0.39, 0.29) is 5.91 Å². The first kappa shape index (κ1) is 15.0. The van der Waals surface area contributed by atoms with Gasteiger partial charge in [-0.15, -0.1) is 0 Å². The molecule has 0 bridgehead atoms. The first-order valence-corrected chi connectivity index (χ1v) is 7.40. The number of amides is 1. The van der Waals surface area contributed by atoms with Crippen LogP contribution in [0.15, 0.2) is 43.0 Å². The SMILES string of the molecule is CCN(Cc1cnn(C)c1)C(=O)c1ccc(-c2ncn[nH]2)cc1. The average Bonchev–Trinajstić information content (AvgIpc) is 3.24. The largest absolute Gasteiger partial charge is 0.334 e. The van der Waals surface area contributed by atoms with E-state index in [1.807, 2.05) is 44.4 Å². The molecule has 1 amide bonds. The summed E-state index contributed by atoms with van der Waals surface area (Å²) < 4.78 is 1.74. The van der Waals surface area contributed by atoms with Crippen LogP contribution in [0.3, 0.4) is 0 Å². The fraction of sp³-hybridized carbons (Fsp3) is 0.250. The summed E-state index contributed by atoms with van der Waals surface area (Å²) in [5.41, 5.74) is 2.56. The smallest absolute Gasteiger partial charge is 0.254 e. The molecule has 0 aliphatic heterocycles. The van der Waals surface area contributed by atoms with Crippen LogP contribution in [0.4, 0.5) is 0 Å². The van der Waals surface area contributed by atoms with E-state index >= 15 is 0 Å². The van der Waals surface area contributed by atoms with Gasteiger partial charge in [0.1, 0.15) is 6.33 Å². The van der Waals surface area contributed by atoms with E-state index in [1.54, 1.807) is 15.8 Å². The van der Waals surface area contributed by atoms with E-state index in [0.29, 0.717) is 24.5 Å². The summed E-state index contributed by atoms with van der Waals surface area (Å²) in [4.78, 5) is 18.5. The number of aryl methyl sites for hydroxylation is 1. The van der Waals surface area contributed by atoms with Crippen molar-refractivity contribution in [3.63, 3.8) is 0 Å². The highest BCUT2D eigenvalue weighted by Crippen LogP contribution is 2.16. The lowest BCUT2D eigenvalue weighted by molar-refractivity contribution is 0.0752. The van der Waals surface area contributed by atoms with Crippen LogP contribution in [-0.2, 0) is 13.6 Å². The Morgan fingerprint density at radius 1 is 1.30 bits per heavy atom. The normalized spacial score (nSPS) is 10.7. The standard InChI is InChI=1S/C16H18N6O/c1-3-22(10-12-8-19-21(2)9-12)16(23)14-6-4-13(5-7-14)15-17-11-18-20-15/h4-9,11H,3,10H2,1-2H3,(H,17,18,20). The zero-order valence-corrected chi connectivity index (χ0v) is 13.1. The van der Waals surface area contributed by atoms with Gasteiger partial charge in [-0.2, -0.15) is 10.2 Å². The second kappa shape index (κ2) is 6.43. The number of H-pyrrole nitrogens is 1. The van der Waals surface area contributed by atoms with Crippen molar-refractivity contribution in [2.24, 2.45) is 7.05 Å². The van der Waals surface area contributed by atoms with Crippen molar-refractivity contribution < 1.29 is 4.79 Å². The van der Waals surface area contributed by atoms with Gasteiger partial charge in [0, 0.05) is 43.0 Å². The maximum Gasteiger partial charge on any atom is 0.254 e. The zero-order chi connectivity index (χ0) is 16.2. The second-order valence-electron chi connectivity index (χ2n) is 5.25. The molecule has 3 rings (SSSR count). The molecule has 1 aromatic carbocycles. The highest BCUT2D eigenvalue weighted by molar-refractivity contribution is 5.94. The summed E-state index contributed by atoms with van der Waals surface area (Å²) in [6.07, 6.45) is 5.16. The first-order chi connectivity index (χ1) is 11.2. The number of hydrogen-bond acceptors (Lipinski definition) is 4. The van der Waals surface area contributed by atoms with E-state index in [9.17, 15) is 4.79 Å². The van der Waals surface area contributed by atoms with Crippen molar-refractivity contribution in [2.75, 3.05) is 6.54 Å². The van der Waals surface area contributed by atoms with Gasteiger partial charge in [-0.05, 0) is 19.1 Å². The lowest BCUT2D eigenvalue weighted by atomic mass is 10.1. The molecule has 2 aromatic heterocycles. The number of aromatic nitrogens is 5. The Morgan fingerprint density at radius 3 is 2.65 bits per heavy atom. The molecular formula is C16H18N6O. The Morgan fingerprint density at radius 2 is 2.09 bits per heavy atom. The number of carbonyl (C=O) groups is 1. The summed E-state index contributed by atoms with van der Waals surface area (Å²) in [7, 11) is 1.86. The maximum absolute atomic E-state index is 12.6. The van der Waals surface area contributed by atoms with Crippen LogP contribution in [0.1, 0.15) is 22.8 Å². The molecule has 0 atom stereocenters. The molecule has 0 radical (unpaired) electrons. The summed E-state index contributed by atoms with van der Waals surface area (Å²) in [5.74, 6) is 0.687. The minimum absolute atomic E-state index is 0.000438. The van der Waals surface area contributed by atoms with Gasteiger partial charge >= 0.3 is 0 Å². The van der Waals surface area contributed by atoms with Crippen molar-refractivity contribution in [1.82, 2.24) is 29.9 Å². The third kappa shape index (κ3) is 3.28. The van der Waals surface area contributed by atoms with E-state index in [4.69, 9.17) is 0 Å². The molecule has 23 heavy (non-hydrogen) atoms. The molecular weight excluding hydrogens is 292 g/mol. The summed E-state index contributed by atoms with van der Waals surface area (Å²) in [6.45, 7) is 3.15. The molecule has 2 heterocycles. The Kier molecular flexibility index (Phi) is 4.18. The van der Waals surface area contributed by atoms with Crippen LogP contribution < -0.4 is 0 Å². The van der Waals surface area contributed by atoms with E-state index < -0.39 is 0 Å². The van der Waals surface area contributed by atoms with Gasteiger partial charge in [-0.3, -0.25) is 14.6 Å². The van der Waals surface area contributed by atoms with Crippen molar-refractivity contribution in [3.8, 4) is 11.4 Å². The molecule has 7 heteroatoms. The number of benzene rings is 1. The fourth-order valence-electron chi connectivity index (χ4n) is 2.40. The van der Waals surface area contributed by atoms with Gasteiger partial charge in [-0.1, -0.05) is 12.1 Å². The van der Waals surface area contributed by atoms with Crippen molar-refractivity contribution in [1.29, 1.82) is 0 Å². The Hall–Kier alpha value is -2.96. The molecule has 0 saturated carbocycles. The van der Waals surface area contributed by atoms with Crippen LogP contribution in [0.2, 0.25) is 0 Å². The summed E-state index contributed by atoms with van der Waals surface area (Å²) >= 11 is 0. The lowest BCUT2D eigenvalue weighted by Gasteiger charge is -2.20. The minimum atomic E-state index is 0.000438. The zero-order valence-electron chi connectivity index (χ0n) is 13.1. The molecule has 0 saturated heterocycles. The van der Waals surface area contributed by atoms with Gasteiger partial charge < -0.3 is 4.90 Å². The van der Waals surface area contributed by atoms with Gasteiger partial charge in [-0.25, -0.2) is 4.98 Å². The molecule has 0 aliphatic carbocycles. The lowest BCUT2D eigenvalue weighted by Crippen LogP contribution is -2.30. The average molecular weight is 310 g/mol. The number of nitrogens with one attached hydrogen (secondary N) is 1. The van der Waals surface area contributed by atoms with Gasteiger partial charge in [0.25, 0.3) is 5.91 Å². The first-order valence-electron chi connectivity index (χ1n) is 7.40. The topological polar surface area (TPSA) is 79.7 Å². The Bertz CT molecular complexity index is 775. The molecule has 0 unspecified atom stereocenters. The third-order valence-electron chi connectivity index (χ3n) is 3.62. The van der Waals surface area contributed by atoms with E-state index in [2.05, 4.69) is 20.3 Å². The van der Waals surface area contributed by atoms with E-state index in [1.165, 1.54) is 6.33 Å². The fourth-order valence-corrected chi connectivity index (χ4v) is 2.40. The summed E-state index contributed by atoms with van der Waals surface area (Å²) in [5, 5.41) is 10.8. The van der Waals surface area contributed by atoms with Gasteiger partial charge in [0.05, 0.1) is 6.20 Å². The second-order valence-corrected chi connectivity index (χ2v) is 5.25.